The molecule has 0 saturated heterocycles. The summed E-state index contributed by atoms with van der Waals surface area (Å²) in [6.07, 6.45) is 4.84. The van der Waals surface area contributed by atoms with Crippen LogP contribution in [0.4, 0.5) is 4.39 Å². The number of hydrogen-bond donors (Lipinski definition) is 1. The van der Waals surface area contributed by atoms with E-state index in [0.29, 0.717) is 18.0 Å². The van der Waals surface area contributed by atoms with Crippen LogP contribution in [-0.4, -0.2) is 35.0 Å². The van der Waals surface area contributed by atoms with Gasteiger partial charge in [-0.3, -0.25) is 9.59 Å². The van der Waals surface area contributed by atoms with Gasteiger partial charge in [0.1, 0.15) is 12.4 Å². The Balaban J connectivity index is 2.03. The zero-order valence-corrected chi connectivity index (χ0v) is 12.0. The van der Waals surface area contributed by atoms with E-state index in [9.17, 15) is 14.0 Å². The Labute approximate surface area is 126 Å². The van der Waals surface area contributed by atoms with E-state index in [4.69, 9.17) is 16.7 Å². The molecule has 0 bridgehead atoms. The van der Waals surface area contributed by atoms with Gasteiger partial charge in [-0.25, -0.2) is 4.39 Å². The van der Waals surface area contributed by atoms with Crippen molar-refractivity contribution in [1.82, 2.24) is 4.90 Å². The van der Waals surface area contributed by atoms with Gasteiger partial charge in [-0.15, -0.1) is 0 Å². The number of halogens is 2. The van der Waals surface area contributed by atoms with Gasteiger partial charge < -0.3 is 10.0 Å². The molecular formula is C15H15ClFNO3. The first-order valence-corrected chi connectivity index (χ1v) is 6.97. The lowest BCUT2D eigenvalue weighted by molar-refractivity contribution is -0.142. The summed E-state index contributed by atoms with van der Waals surface area (Å²) in [6.45, 7) is 0.142. The summed E-state index contributed by atoms with van der Waals surface area (Å²) in [7, 11) is 0. The number of amides is 1. The Hall–Kier alpha value is -1.88. The van der Waals surface area contributed by atoms with E-state index in [1.807, 2.05) is 0 Å². The second kappa shape index (κ2) is 6.72. The zero-order chi connectivity index (χ0) is 15.4. The third kappa shape index (κ3) is 4.86. The lowest BCUT2D eigenvalue weighted by Crippen LogP contribution is -2.36. The minimum atomic E-state index is -1.04. The van der Waals surface area contributed by atoms with Crippen LogP contribution in [0.2, 0.25) is 5.02 Å². The summed E-state index contributed by atoms with van der Waals surface area (Å²) in [5, 5.41) is 8.82. The molecule has 0 unspecified atom stereocenters. The maximum Gasteiger partial charge on any atom is 0.323 e. The molecule has 6 heteroatoms. The molecule has 1 aromatic rings. The fourth-order valence-corrected chi connectivity index (χ4v) is 2.09. The molecule has 1 aliphatic carbocycles. The minimum Gasteiger partial charge on any atom is -0.480 e. The fraction of sp³-hybridized carbons (Fsp3) is 0.333. The van der Waals surface area contributed by atoms with Gasteiger partial charge in [0.25, 0.3) is 0 Å². The van der Waals surface area contributed by atoms with Crippen LogP contribution in [-0.2, 0) is 9.59 Å². The van der Waals surface area contributed by atoms with Crippen LogP contribution in [0, 0.1) is 11.7 Å². The molecule has 1 N–H and O–H groups in total. The van der Waals surface area contributed by atoms with E-state index in [-0.39, 0.29) is 17.5 Å². The summed E-state index contributed by atoms with van der Waals surface area (Å²) < 4.78 is 13.0. The van der Waals surface area contributed by atoms with Crippen molar-refractivity contribution in [1.29, 1.82) is 0 Å². The predicted molar refractivity (Wildman–Crippen MR) is 77.4 cm³/mol. The van der Waals surface area contributed by atoms with E-state index >= 15 is 0 Å². The predicted octanol–water partition coefficient (Wildman–Crippen LogP) is 2.82. The molecule has 1 amide bonds. The molecule has 1 fully saturated rings. The maximum absolute atomic E-state index is 13.0. The largest absolute Gasteiger partial charge is 0.480 e. The molecule has 21 heavy (non-hydrogen) atoms. The van der Waals surface area contributed by atoms with Crippen molar-refractivity contribution in [2.75, 3.05) is 13.1 Å². The molecule has 1 aliphatic rings. The molecule has 0 spiro atoms. The summed E-state index contributed by atoms with van der Waals surface area (Å²) in [5.74, 6) is -1.53. The van der Waals surface area contributed by atoms with Crippen molar-refractivity contribution in [2.45, 2.75) is 12.8 Å². The minimum absolute atomic E-state index is 0.0232. The average Bonchev–Trinajstić information content (AvgIpc) is 3.22. The van der Waals surface area contributed by atoms with Gasteiger partial charge in [0.2, 0.25) is 5.91 Å². The highest BCUT2D eigenvalue weighted by atomic mass is 35.5. The summed E-state index contributed by atoms with van der Waals surface area (Å²) in [4.78, 5) is 24.1. The Kier molecular flexibility index (Phi) is 4.96. The van der Waals surface area contributed by atoms with Crippen molar-refractivity contribution >= 4 is 29.6 Å². The van der Waals surface area contributed by atoms with Crippen LogP contribution in [0.5, 0.6) is 0 Å². The number of aliphatic carboxylic acids is 1. The Morgan fingerprint density at radius 1 is 1.43 bits per heavy atom. The van der Waals surface area contributed by atoms with Gasteiger partial charge in [-0.2, -0.15) is 0 Å². The van der Waals surface area contributed by atoms with Crippen LogP contribution in [0.1, 0.15) is 18.4 Å². The first kappa shape index (κ1) is 15.5. The smallest absolute Gasteiger partial charge is 0.323 e. The van der Waals surface area contributed by atoms with Gasteiger partial charge in [0.05, 0.1) is 5.02 Å². The Bertz CT molecular complexity index is 584. The normalized spacial score (nSPS) is 14.4. The Morgan fingerprint density at radius 3 is 2.71 bits per heavy atom. The third-order valence-electron chi connectivity index (χ3n) is 3.18. The number of carboxylic acids is 1. The number of rotatable bonds is 6. The highest BCUT2D eigenvalue weighted by Crippen LogP contribution is 2.29. The van der Waals surface area contributed by atoms with Gasteiger partial charge in [0, 0.05) is 12.6 Å². The molecule has 0 radical (unpaired) electrons. The van der Waals surface area contributed by atoms with Crippen molar-refractivity contribution in [3.63, 3.8) is 0 Å². The van der Waals surface area contributed by atoms with Crippen LogP contribution in [0.3, 0.4) is 0 Å². The lowest BCUT2D eigenvalue weighted by atomic mass is 10.2. The first-order valence-electron chi connectivity index (χ1n) is 6.59. The molecular weight excluding hydrogens is 297 g/mol. The van der Waals surface area contributed by atoms with Crippen LogP contribution in [0.15, 0.2) is 24.3 Å². The van der Waals surface area contributed by atoms with Gasteiger partial charge >= 0.3 is 5.97 Å². The number of benzene rings is 1. The van der Waals surface area contributed by atoms with E-state index in [0.717, 1.165) is 12.8 Å². The molecule has 0 atom stereocenters. The van der Waals surface area contributed by atoms with E-state index in [1.165, 1.54) is 35.3 Å². The van der Waals surface area contributed by atoms with Crippen LogP contribution < -0.4 is 0 Å². The summed E-state index contributed by atoms with van der Waals surface area (Å²) in [6, 6.07) is 4.11. The maximum atomic E-state index is 13.0. The molecule has 1 saturated carbocycles. The molecule has 1 aromatic carbocycles. The molecule has 0 heterocycles. The molecule has 2 rings (SSSR count). The van der Waals surface area contributed by atoms with E-state index in [2.05, 4.69) is 0 Å². The van der Waals surface area contributed by atoms with Gasteiger partial charge in [0.15, 0.2) is 0 Å². The number of carbonyl (C=O) groups is 2. The van der Waals surface area contributed by atoms with Crippen molar-refractivity contribution in [2.24, 2.45) is 5.92 Å². The summed E-state index contributed by atoms with van der Waals surface area (Å²) >= 11 is 5.66. The molecule has 4 nitrogen and oxygen atoms in total. The topological polar surface area (TPSA) is 57.6 Å². The lowest BCUT2D eigenvalue weighted by Gasteiger charge is -2.18. The standard InChI is InChI=1S/C15H15ClFNO3/c16-12-7-10(3-5-13(12)17)4-6-14(19)18(9-15(20)21)8-11-1-2-11/h3-7,11H,1-2,8-9H2,(H,20,21)/b6-4+. The number of hydrogen-bond acceptors (Lipinski definition) is 2. The fourth-order valence-electron chi connectivity index (χ4n) is 1.90. The second-order valence-electron chi connectivity index (χ2n) is 5.06. The third-order valence-corrected chi connectivity index (χ3v) is 3.46. The summed E-state index contributed by atoms with van der Waals surface area (Å²) in [5.41, 5.74) is 0.580. The molecule has 0 aromatic heterocycles. The highest BCUT2D eigenvalue weighted by Gasteiger charge is 2.27. The number of carboxylic acid groups (broad SMARTS) is 1. The number of nitrogens with zero attached hydrogens (tertiary/aromatic N) is 1. The second-order valence-corrected chi connectivity index (χ2v) is 5.47. The highest BCUT2D eigenvalue weighted by molar-refractivity contribution is 6.30. The van der Waals surface area contributed by atoms with Crippen molar-refractivity contribution in [3.05, 3.63) is 40.7 Å². The van der Waals surface area contributed by atoms with Crippen LogP contribution >= 0.6 is 11.6 Å². The monoisotopic (exact) mass is 311 g/mol. The first-order chi connectivity index (χ1) is 9.95. The zero-order valence-electron chi connectivity index (χ0n) is 11.3. The van der Waals surface area contributed by atoms with Crippen LogP contribution in [0.25, 0.3) is 6.08 Å². The Morgan fingerprint density at radius 2 is 2.14 bits per heavy atom. The van der Waals surface area contributed by atoms with E-state index < -0.39 is 11.8 Å². The van der Waals surface area contributed by atoms with E-state index in [1.54, 1.807) is 0 Å². The van der Waals surface area contributed by atoms with Gasteiger partial charge in [-0.05, 0) is 42.5 Å². The van der Waals surface area contributed by atoms with Crippen molar-refractivity contribution in [3.8, 4) is 0 Å². The molecule has 0 aliphatic heterocycles. The SMILES string of the molecule is O=C(O)CN(CC1CC1)C(=O)/C=C/c1ccc(F)c(Cl)c1. The van der Waals surface area contributed by atoms with Gasteiger partial charge in [-0.1, -0.05) is 17.7 Å². The number of carbonyl (C=O) groups excluding carboxylic acids is 1. The molecule has 112 valence electrons. The average molecular weight is 312 g/mol. The van der Waals surface area contributed by atoms with Crippen molar-refractivity contribution < 1.29 is 19.1 Å². The quantitative estimate of drug-likeness (QED) is 0.822.